The van der Waals surface area contributed by atoms with Gasteiger partial charge in [0.15, 0.2) is 5.62 Å². The number of halogens is 3. The summed E-state index contributed by atoms with van der Waals surface area (Å²) in [5, 5.41) is 0. The van der Waals surface area contributed by atoms with Crippen LogP contribution in [0.3, 0.4) is 0 Å². The predicted molar refractivity (Wildman–Crippen MR) is 30.8 cm³/mol. The largest absolute Gasteiger partial charge is 0.297 e. The molecule has 0 saturated heterocycles. The molecule has 1 unspecified atom stereocenters. The van der Waals surface area contributed by atoms with Crippen molar-refractivity contribution < 1.29 is 8.78 Å². The number of alkyl halides is 3. The lowest BCUT2D eigenvalue weighted by Crippen LogP contribution is -2.31. The second-order valence-electron chi connectivity index (χ2n) is 1.62. The Balaban J connectivity index is 2.45. The molecule has 0 aliphatic carbocycles. The van der Waals surface area contributed by atoms with Crippen LogP contribution in [0.5, 0.6) is 0 Å². The van der Waals surface area contributed by atoms with Gasteiger partial charge in [-0.2, -0.15) is 8.78 Å². The molecule has 1 heterocycles. The summed E-state index contributed by atoms with van der Waals surface area (Å²) in [5.74, 6) is 0. The molecule has 0 aromatic rings. The number of hydrogen-bond acceptors (Lipinski definition) is 2. The van der Waals surface area contributed by atoms with Crippen molar-refractivity contribution in [3.8, 4) is 0 Å². The summed E-state index contributed by atoms with van der Waals surface area (Å²) in [4.78, 5) is 4.30. The normalized spacial score (nSPS) is 28.2. The first-order valence-electron chi connectivity index (χ1n) is 2.41. The Labute approximate surface area is 56.1 Å². The van der Waals surface area contributed by atoms with Crippen molar-refractivity contribution in [1.82, 2.24) is 4.90 Å². The first kappa shape index (κ1) is 6.89. The van der Waals surface area contributed by atoms with E-state index in [1.807, 2.05) is 0 Å². The highest BCUT2D eigenvalue weighted by atomic mass is 35.5. The average molecular weight is 155 g/mol. The monoisotopic (exact) mass is 154 g/mol. The van der Waals surface area contributed by atoms with Crippen LogP contribution >= 0.6 is 11.6 Å². The lowest BCUT2D eigenvalue weighted by atomic mass is 10.7. The Morgan fingerprint density at radius 2 is 2.44 bits per heavy atom. The molecule has 0 amide bonds. The molecule has 1 aliphatic rings. The first-order chi connectivity index (χ1) is 4.22. The quantitative estimate of drug-likeness (QED) is 0.408. The lowest BCUT2D eigenvalue weighted by molar-refractivity contribution is -0.0178. The zero-order valence-electron chi connectivity index (χ0n) is 4.47. The van der Waals surface area contributed by atoms with Crippen LogP contribution in [0.2, 0.25) is 0 Å². The predicted octanol–water partition coefficient (Wildman–Crippen LogP) is 1.12. The number of nitrogens with zero attached hydrogens (tertiary/aromatic N) is 2. The smallest absolute Gasteiger partial charge is 0.261 e. The van der Waals surface area contributed by atoms with E-state index in [4.69, 9.17) is 11.6 Å². The van der Waals surface area contributed by atoms with Gasteiger partial charge in [-0.25, -0.2) is 4.90 Å². The van der Waals surface area contributed by atoms with E-state index in [9.17, 15) is 8.78 Å². The summed E-state index contributed by atoms with van der Waals surface area (Å²) in [6.07, 6.45) is 1.38. The summed E-state index contributed by atoms with van der Waals surface area (Å²) in [6.45, 7) is -2.36. The highest BCUT2D eigenvalue weighted by Gasteiger charge is 2.25. The minimum absolute atomic E-state index is 0.145. The third kappa shape index (κ3) is 1.37. The van der Waals surface area contributed by atoms with Gasteiger partial charge in [0, 0.05) is 12.8 Å². The highest BCUT2D eigenvalue weighted by Crippen LogP contribution is 2.15. The van der Waals surface area contributed by atoms with Gasteiger partial charge < -0.3 is 0 Å². The highest BCUT2D eigenvalue weighted by molar-refractivity contribution is 6.21. The molecular formula is C4H5ClF2N2. The van der Waals surface area contributed by atoms with Gasteiger partial charge in [0.05, 0.1) is 0 Å². The van der Waals surface area contributed by atoms with E-state index in [2.05, 4.69) is 4.99 Å². The Hall–Kier alpha value is -0.220. The molecule has 52 valence electrons. The number of rotatable bonds is 1. The molecule has 0 N–H and O–H groups in total. The molecule has 9 heavy (non-hydrogen) atoms. The molecule has 0 aromatic carbocycles. The average Bonchev–Trinajstić information content (AvgIpc) is 2.13. The molecule has 0 bridgehead atoms. The standard InChI is InChI=1S/C4H5ClF2N2/c5-3-8-1-2-9(3)4(6)7/h1,3-4H,2H2. The van der Waals surface area contributed by atoms with E-state index in [0.29, 0.717) is 0 Å². The van der Waals surface area contributed by atoms with Crippen LogP contribution in [0.4, 0.5) is 8.78 Å². The molecular weight excluding hydrogens is 150 g/mol. The van der Waals surface area contributed by atoms with Crippen molar-refractivity contribution in [2.24, 2.45) is 4.99 Å². The summed E-state index contributed by atoms with van der Waals surface area (Å²) in [6, 6.07) is 0. The fourth-order valence-electron chi connectivity index (χ4n) is 0.574. The summed E-state index contributed by atoms with van der Waals surface area (Å²) in [7, 11) is 0. The molecule has 5 heteroatoms. The van der Waals surface area contributed by atoms with Crippen molar-refractivity contribution in [1.29, 1.82) is 0 Å². The van der Waals surface area contributed by atoms with E-state index >= 15 is 0 Å². The maximum atomic E-state index is 11.8. The zero-order chi connectivity index (χ0) is 6.85. The van der Waals surface area contributed by atoms with E-state index in [1.165, 1.54) is 6.21 Å². The van der Waals surface area contributed by atoms with Crippen molar-refractivity contribution >= 4 is 17.8 Å². The summed E-state index contributed by atoms with van der Waals surface area (Å²) in [5.41, 5.74) is -0.870. The van der Waals surface area contributed by atoms with Crippen LogP contribution in [0.15, 0.2) is 4.99 Å². The van der Waals surface area contributed by atoms with Crippen molar-refractivity contribution in [2.45, 2.75) is 12.2 Å². The van der Waals surface area contributed by atoms with Crippen LogP contribution in [-0.4, -0.2) is 29.8 Å². The first-order valence-corrected chi connectivity index (χ1v) is 2.85. The third-order valence-corrected chi connectivity index (χ3v) is 1.41. The molecule has 1 rings (SSSR count). The van der Waals surface area contributed by atoms with Gasteiger partial charge in [-0.15, -0.1) is 0 Å². The Bertz CT molecular complexity index is 128. The van der Waals surface area contributed by atoms with Gasteiger partial charge in [0.1, 0.15) is 0 Å². The van der Waals surface area contributed by atoms with E-state index < -0.39 is 12.2 Å². The Morgan fingerprint density at radius 3 is 2.67 bits per heavy atom. The van der Waals surface area contributed by atoms with Crippen LogP contribution < -0.4 is 0 Å². The van der Waals surface area contributed by atoms with Crippen LogP contribution in [0.25, 0.3) is 0 Å². The molecule has 1 aliphatic heterocycles. The van der Waals surface area contributed by atoms with Gasteiger partial charge in [-0.1, -0.05) is 11.6 Å². The second-order valence-corrected chi connectivity index (χ2v) is 2.01. The zero-order valence-corrected chi connectivity index (χ0v) is 5.22. The molecule has 1 atom stereocenters. The van der Waals surface area contributed by atoms with Gasteiger partial charge in [0.25, 0.3) is 6.55 Å². The second kappa shape index (κ2) is 2.58. The summed E-state index contributed by atoms with van der Waals surface area (Å²) < 4.78 is 23.5. The van der Waals surface area contributed by atoms with Gasteiger partial charge in [0.2, 0.25) is 0 Å². The molecule has 0 radical (unpaired) electrons. The Kier molecular flexibility index (Phi) is 1.97. The molecule has 2 nitrogen and oxygen atoms in total. The SMILES string of the molecule is FC(F)N1CC=NC1Cl. The minimum Gasteiger partial charge on any atom is -0.261 e. The van der Waals surface area contributed by atoms with E-state index in [0.717, 1.165) is 4.90 Å². The van der Waals surface area contributed by atoms with Crippen LogP contribution in [0, 0.1) is 0 Å². The molecule has 0 saturated carbocycles. The summed E-state index contributed by atoms with van der Waals surface area (Å²) >= 11 is 5.32. The van der Waals surface area contributed by atoms with E-state index in [-0.39, 0.29) is 6.54 Å². The van der Waals surface area contributed by atoms with Crippen LogP contribution in [0.1, 0.15) is 0 Å². The van der Waals surface area contributed by atoms with Gasteiger partial charge in [-0.3, -0.25) is 4.99 Å². The van der Waals surface area contributed by atoms with Crippen molar-refractivity contribution in [2.75, 3.05) is 6.54 Å². The topological polar surface area (TPSA) is 15.6 Å². The van der Waals surface area contributed by atoms with E-state index in [1.54, 1.807) is 0 Å². The van der Waals surface area contributed by atoms with Crippen molar-refractivity contribution in [3.63, 3.8) is 0 Å². The molecule has 0 aromatic heterocycles. The van der Waals surface area contributed by atoms with Crippen molar-refractivity contribution in [3.05, 3.63) is 0 Å². The fraction of sp³-hybridized carbons (Fsp3) is 0.750. The maximum Gasteiger partial charge on any atom is 0.297 e. The molecule has 0 spiro atoms. The maximum absolute atomic E-state index is 11.8. The molecule has 0 fully saturated rings. The number of aliphatic imine (C=N–C) groups is 1. The van der Waals surface area contributed by atoms with Gasteiger partial charge in [-0.05, 0) is 0 Å². The number of hydrogen-bond donors (Lipinski definition) is 0. The lowest BCUT2D eigenvalue weighted by Gasteiger charge is -2.15. The Morgan fingerprint density at radius 1 is 1.78 bits per heavy atom. The third-order valence-electron chi connectivity index (χ3n) is 1.05. The van der Waals surface area contributed by atoms with Crippen LogP contribution in [-0.2, 0) is 0 Å². The fourth-order valence-corrected chi connectivity index (χ4v) is 0.818. The minimum atomic E-state index is -2.50. The van der Waals surface area contributed by atoms with Gasteiger partial charge >= 0.3 is 0 Å².